The third kappa shape index (κ3) is 4.60. The zero-order valence-corrected chi connectivity index (χ0v) is 13.1. The number of H-pyrrole nitrogens is 1. The summed E-state index contributed by atoms with van der Waals surface area (Å²) in [6.07, 6.45) is 1.03. The predicted octanol–water partition coefficient (Wildman–Crippen LogP) is 2.66. The lowest BCUT2D eigenvalue weighted by molar-refractivity contribution is 0.401. The Balaban J connectivity index is 0.000000220. The molecule has 6 nitrogen and oxygen atoms in total. The summed E-state index contributed by atoms with van der Waals surface area (Å²) in [5.41, 5.74) is -0.936. The van der Waals surface area contributed by atoms with Gasteiger partial charge in [0.25, 0.3) is 11.4 Å². The summed E-state index contributed by atoms with van der Waals surface area (Å²) in [5, 5.41) is 8.26. The number of nitrogens with one attached hydrogen (secondary N) is 1. The van der Waals surface area contributed by atoms with E-state index in [1.165, 1.54) is 0 Å². The van der Waals surface area contributed by atoms with E-state index in [4.69, 9.17) is 28.3 Å². The van der Waals surface area contributed by atoms with Crippen molar-refractivity contribution in [3.63, 3.8) is 0 Å². The van der Waals surface area contributed by atoms with Crippen molar-refractivity contribution in [2.75, 3.05) is 0 Å². The Labute approximate surface area is 134 Å². The summed E-state index contributed by atoms with van der Waals surface area (Å²) >= 11 is 10.8. The highest BCUT2D eigenvalue weighted by atomic mass is 35.5. The van der Waals surface area contributed by atoms with Crippen molar-refractivity contribution in [3.8, 4) is 5.88 Å². The highest BCUT2D eigenvalue weighted by molar-refractivity contribution is 6.33. The van der Waals surface area contributed by atoms with Gasteiger partial charge in [-0.1, -0.05) is 37.0 Å². The van der Waals surface area contributed by atoms with Gasteiger partial charge in [0.1, 0.15) is 11.6 Å². The largest absolute Gasteiger partial charge is 0.491 e. The Morgan fingerprint density at radius 2 is 1.59 bits per heavy atom. The van der Waals surface area contributed by atoms with E-state index in [0.717, 1.165) is 0 Å². The van der Waals surface area contributed by atoms with E-state index in [9.17, 15) is 13.6 Å². The summed E-state index contributed by atoms with van der Waals surface area (Å²) in [6.45, 7) is 3.56. The summed E-state index contributed by atoms with van der Waals surface area (Å²) in [4.78, 5) is 23.4. The van der Waals surface area contributed by atoms with E-state index < -0.39 is 23.1 Å². The molecule has 0 unspecified atom stereocenters. The first-order valence-corrected chi connectivity index (χ1v) is 6.90. The van der Waals surface area contributed by atoms with E-state index in [1.54, 1.807) is 6.92 Å². The molecular weight excluding hydrogens is 341 g/mol. The van der Waals surface area contributed by atoms with Crippen LogP contribution < -0.4 is 5.56 Å². The summed E-state index contributed by atoms with van der Waals surface area (Å²) in [7, 11) is 0. The summed E-state index contributed by atoms with van der Waals surface area (Å²) in [6, 6.07) is 0. The summed E-state index contributed by atoms with van der Waals surface area (Å²) < 4.78 is 25.0. The monoisotopic (exact) mass is 352 g/mol. The molecule has 22 heavy (non-hydrogen) atoms. The molecule has 0 aliphatic rings. The van der Waals surface area contributed by atoms with Gasteiger partial charge in [0.15, 0.2) is 16.1 Å². The lowest BCUT2D eigenvalue weighted by Crippen LogP contribution is -2.14. The van der Waals surface area contributed by atoms with E-state index in [0.29, 0.717) is 18.7 Å². The van der Waals surface area contributed by atoms with E-state index in [1.807, 2.05) is 6.92 Å². The molecule has 120 valence electrons. The molecular formula is C12H12Cl2F2N4O2. The number of aromatic hydroxyl groups is 1. The maximum atomic E-state index is 12.7. The minimum Gasteiger partial charge on any atom is -0.491 e. The molecule has 0 aliphatic carbocycles. The van der Waals surface area contributed by atoms with Crippen LogP contribution in [0, 0.1) is 11.6 Å². The van der Waals surface area contributed by atoms with Crippen LogP contribution in [-0.4, -0.2) is 25.0 Å². The number of halogens is 4. The first kappa shape index (κ1) is 18.2. The first-order valence-electron chi connectivity index (χ1n) is 6.15. The Morgan fingerprint density at radius 1 is 1.05 bits per heavy atom. The van der Waals surface area contributed by atoms with Crippen molar-refractivity contribution < 1.29 is 13.9 Å². The normalized spacial score (nSPS) is 10.1. The van der Waals surface area contributed by atoms with E-state index >= 15 is 0 Å². The summed E-state index contributed by atoms with van der Waals surface area (Å²) in [5.74, 6) is -2.12. The molecule has 0 aliphatic heterocycles. The zero-order chi connectivity index (χ0) is 16.9. The molecule has 2 N–H and O–H groups in total. The molecule has 0 atom stereocenters. The minimum atomic E-state index is -1.23. The number of nitrogens with zero attached hydrogens (tertiary/aromatic N) is 3. The number of aromatic amines is 1. The molecule has 0 fully saturated rings. The second kappa shape index (κ2) is 8.00. The van der Waals surface area contributed by atoms with Crippen LogP contribution in [0.2, 0.25) is 10.3 Å². The molecule has 2 aromatic rings. The third-order valence-corrected chi connectivity index (χ3v) is 2.86. The van der Waals surface area contributed by atoms with Crippen LogP contribution in [-0.2, 0) is 12.8 Å². The van der Waals surface area contributed by atoms with Crippen molar-refractivity contribution >= 4 is 23.2 Å². The van der Waals surface area contributed by atoms with Crippen LogP contribution in [0.1, 0.15) is 25.5 Å². The second-order valence-corrected chi connectivity index (χ2v) is 4.61. The van der Waals surface area contributed by atoms with Gasteiger partial charge in [0.2, 0.25) is 5.82 Å². The van der Waals surface area contributed by atoms with Gasteiger partial charge in [-0.05, 0) is 0 Å². The van der Waals surface area contributed by atoms with Gasteiger partial charge in [0.05, 0.1) is 0 Å². The van der Waals surface area contributed by atoms with Crippen molar-refractivity contribution in [2.45, 2.75) is 26.7 Å². The van der Waals surface area contributed by atoms with Crippen molar-refractivity contribution in [1.82, 2.24) is 19.9 Å². The fourth-order valence-corrected chi connectivity index (χ4v) is 1.68. The number of aromatic nitrogens is 4. The number of hydrogen-bond donors (Lipinski definition) is 2. The Morgan fingerprint density at radius 3 is 2.00 bits per heavy atom. The maximum Gasteiger partial charge on any atom is 0.291 e. The molecule has 0 saturated heterocycles. The van der Waals surface area contributed by atoms with Gasteiger partial charge in [-0.15, -0.1) is 0 Å². The molecule has 2 heterocycles. The van der Waals surface area contributed by atoms with Crippen LogP contribution in [0.4, 0.5) is 8.78 Å². The number of hydrogen-bond acceptors (Lipinski definition) is 5. The third-order valence-electron chi connectivity index (χ3n) is 2.36. The number of aryl methyl sites for hydroxylation is 2. The quantitative estimate of drug-likeness (QED) is 0.810. The van der Waals surface area contributed by atoms with Gasteiger partial charge in [-0.2, -0.15) is 9.37 Å². The lowest BCUT2D eigenvalue weighted by atomic mass is 10.4. The van der Waals surface area contributed by atoms with Crippen LogP contribution in [0.25, 0.3) is 0 Å². The molecule has 0 spiro atoms. The van der Waals surface area contributed by atoms with Crippen molar-refractivity contribution in [2.24, 2.45) is 0 Å². The predicted molar refractivity (Wildman–Crippen MR) is 77.2 cm³/mol. The Hall–Kier alpha value is -1.80. The average Bonchev–Trinajstić information content (AvgIpc) is 2.49. The van der Waals surface area contributed by atoms with E-state index in [2.05, 4.69) is 19.9 Å². The first-order chi connectivity index (χ1) is 10.3. The van der Waals surface area contributed by atoms with Crippen LogP contribution >= 0.6 is 23.2 Å². The molecule has 0 bridgehead atoms. The van der Waals surface area contributed by atoms with Crippen LogP contribution in [0.5, 0.6) is 5.88 Å². The van der Waals surface area contributed by atoms with Gasteiger partial charge in [-0.3, -0.25) is 4.79 Å². The molecule has 2 rings (SSSR count). The molecule has 0 saturated carbocycles. The molecule has 10 heteroatoms. The smallest absolute Gasteiger partial charge is 0.291 e. The molecule has 2 aromatic heterocycles. The number of rotatable bonds is 2. The average molecular weight is 353 g/mol. The van der Waals surface area contributed by atoms with Crippen LogP contribution in [0.3, 0.4) is 0 Å². The van der Waals surface area contributed by atoms with Crippen LogP contribution in [0.15, 0.2) is 4.79 Å². The fraction of sp³-hybridized carbons (Fsp3) is 0.333. The highest BCUT2D eigenvalue weighted by Gasteiger charge is 2.09. The SMILES string of the molecule is CCc1nc(Cl)c(F)c(Cl)n1.CCc1nc(O)c(F)c(=O)[nH]1. The standard InChI is InChI=1S/C6H5Cl2FN2.C6H7FN2O2/c1-2-3-10-5(7)4(9)6(8)11-3;1-2-3-8-5(10)4(7)6(11)9-3/h2H2,1H3;2H2,1H3,(H2,8,9,10,11). The second-order valence-electron chi connectivity index (χ2n) is 3.89. The van der Waals surface area contributed by atoms with E-state index in [-0.39, 0.29) is 16.1 Å². The van der Waals surface area contributed by atoms with Gasteiger partial charge >= 0.3 is 0 Å². The zero-order valence-electron chi connectivity index (χ0n) is 11.6. The topological polar surface area (TPSA) is 91.8 Å². The van der Waals surface area contributed by atoms with Gasteiger partial charge in [0, 0.05) is 12.8 Å². The molecule has 0 aromatic carbocycles. The lowest BCUT2D eigenvalue weighted by Gasteiger charge is -1.98. The fourth-order valence-electron chi connectivity index (χ4n) is 1.25. The highest BCUT2D eigenvalue weighted by Crippen LogP contribution is 2.18. The van der Waals surface area contributed by atoms with Crippen molar-refractivity contribution in [3.05, 3.63) is 43.9 Å². The van der Waals surface area contributed by atoms with Gasteiger partial charge < -0.3 is 10.1 Å². The minimum absolute atomic E-state index is 0.221. The Bertz CT molecular complexity index is 702. The maximum absolute atomic E-state index is 12.7. The molecule has 0 amide bonds. The van der Waals surface area contributed by atoms with Gasteiger partial charge in [-0.25, -0.2) is 14.4 Å². The van der Waals surface area contributed by atoms with Crippen molar-refractivity contribution in [1.29, 1.82) is 0 Å². The Kier molecular flexibility index (Phi) is 6.63. The molecule has 0 radical (unpaired) electrons.